The molecule has 0 radical (unpaired) electrons. The summed E-state index contributed by atoms with van der Waals surface area (Å²) in [6, 6.07) is 14.1. The molecule has 2 aromatic carbocycles. The van der Waals surface area contributed by atoms with E-state index in [0.29, 0.717) is 33.7 Å². The average Bonchev–Trinajstić information content (AvgIpc) is 3.19. The first-order chi connectivity index (χ1) is 15.4. The Morgan fingerprint density at radius 2 is 1.94 bits per heavy atom. The van der Waals surface area contributed by atoms with E-state index >= 15 is 0 Å². The maximum Gasteiger partial charge on any atom is 0.338 e. The van der Waals surface area contributed by atoms with Crippen LogP contribution in [0.25, 0.3) is 0 Å². The molecular weight excluding hydrogens is 429 g/mol. The van der Waals surface area contributed by atoms with Crippen molar-refractivity contribution in [1.82, 2.24) is 14.8 Å². The van der Waals surface area contributed by atoms with E-state index in [-0.39, 0.29) is 5.82 Å². The number of thioether (sulfide) groups is 1. The first-order valence-corrected chi connectivity index (χ1v) is 11.0. The van der Waals surface area contributed by atoms with Gasteiger partial charge in [0.25, 0.3) is 0 Å². The first kappa shape index (κ1) is 21.9. The molecule has 166 valence electrons. The highest BCUT2D eigenvalue weighted by Crippen LogP contribution is 2.37. The summed E-state index contributed by atoms with van der Waals surface area (Å²) in [6.45, 7) is 1.82. The molecule has 0 saturated heterocycles. The third kappa shape index (κ3) is 4.20. The second-order valence-electron chi connectivity index (χ2n) is 7.59. The van der Waals surface area contributed by atoms with E-state index in [9.17, 15) is 9.18 Å². The molecule has 1 N–H and O–H groups in total. The van der Waals surface area contributed by atoms with Gasteiger partial charge in [-0.3, -0.25) is 0 Å². The van der Waals surface area contributed by atoms with E-state index in [1.807, 2.05) is 50.2 Å². The fourth-order valence-electron chi connectivity index (χ4n) is 3.59. The molecule has 7 nitrogen and oxygen atoms in total. The number of rotatable bonds is 6. The summed E-state index contributed by atoms with van der Waals surface area (Å²) >= 11 is 1.34. The number of hydrogen-bond acceptors (Lipinski definition) is 7. The second-order valence-corrected chi connectivity index (χ2v) is 8.53. The van der Waals surface area contributed by atoms with Crippen LogP contribution in [0.2, 0.25) is 0 Å². The van der Waals surface area contributed by atoms with Crippen molar-refractivity contribution in [1.29, 1.82) is 0 Å². The molecule has 1 aliphatic rings. The third-order valence-electron chi connectivity index (χ3n) is 5.28. The van der Waals surface area contributed by atoms with Crippen LogP contribution in [-0.2, 0) is 15.3 Å². The van der Waals surface area contributed by atoms with Crippen LogP contribution in [0, 0.1) is 5.82 Å². The predicted molar refractivity (Wildman–Crippen MR) is 123 cm³/mol. The summed E-state index contributed by atoms with van der Waals surface area (Å²) in [6.07, 6.45) is 0. The van der Waals surface area contributed by atoms with Crippen LogP contribution in [-0.4, -0.2) is 41.9 Å². The zero-order valence-electron chi connectivity index (χ0n) is 18.3. The Labute approximate surface area is 190 Å². The summed E-state index contributed by atoms with van der Waals surface area (Å²) in [5.74, 6) is 0.229. The molecule has 0 spiro atoms. The van der Waals surface area contributed by atoms with Crippen LogP contribution in [0.4, 0.5) is 16.0 Å². The Balaban J connectivity index is 1.70. The van der Waals surface area contributed by atoms with Crippen LogP contribution in [0.1, 0.15) is 24.1 Å². The lowest BCUT2D eigenvalue weighted by atomic mass is 9.95. The van der Waals surface area contributed by atoms with Gasteiger partial charge in [0.15, 0.2) is 0 Å². The van der Waals surface area contributed by atoms with Crippen molar-refractivity contribution in [2.75, 3.05) is 31.4 Å². The topological polar surface area (TPSA) is 72.3 Å². The van der Waals surface area contributed by atoms with Gasteiger partial charge in [0.1, 0.15) is 11.9 Å². The van der Waals surface area contributed by atoms with Crippen molar-refractivity contribution in [2.45, 2.75) is 23.9 Å². The fraction of sp³-hybridized carbons (Fsp3) is 0.261. The minimum absolute atomic E-state index is 0.258. The number of benzene rings is 2. The highest BCUT2D eigenvalue weighted by atomic mass is 32.2. The quantitative estimate of drug-likeness (QED) is 0.442. The summed E-state index contributed by atoms with van der Waals surface area (Å²) in [5, 5.41) is 8.29. The second kappa shape index (κ2) is 9.04. The van der Waals surface area contributed by atoms with Crippen molar-refractivity contribution < 1.29 is 13.9 Å². The number of nitrogens with one attached hydrogen (secondary N) is 1. The smallest absolute Gasteiger partial charge is 0.338 e. The Hall–Kier alpha value is -3.33. The Bertz CT molecular complexity index is 1170. The Morgan fingerprint density at radius 1 is 1.22 bits per heavy atom. The normalized spacial score (nSPS) is 15.2. The molecule has 1 aromatic heterocycles. The van der Waals surface area contributed by atoms with Gasteiger partial charge in [0, 0.05) is 31.2 Å². The molecule has 0 amide bonds. The van der Waals surface area contributed by atoms with Gasteiger partial charge in [0.2, 0.25) is 11.1 Å². The molecule has 32 heavy (non-hydrogen) atoms. The predicted octanol–water partition coefficient (Wildman–Crippen LogP) is 4.24. The van der Waals surface area contributed by atoms with Crippen molar-refractivity contribution in [3.8, 4) is 0 Å². The van der Waals surface area contributed by atoms with E-state index < -0.39 is 12.0 Å². The zero-order chi connectivity index (χ0) is 22.8. The number of hydrogen-bond donors (Lipinski definition) is 1. The molecule has 3 aromatic rings. The highest BCUT2D eigenvalue weighted by Gasteiger charge is 2.35. The Morgan fingerprint density at radius 3 is 2.59 bits per heavy atom. The van der Waals surface area contributed by atoms with Gasteiger partial charge in [-0.15, -0.1) is 5.10 Å². The monoisotopic (exact) mass is 453 g/mol. The van der Waals surface area contributed by atoms with Crippen molar-refractivity contribution in [2.24, 2.45) is 0 Å². The van der Waals surface area contributed by atoms with E-state index in [2.05, 4.69) is 15.4 Å². The molecule has 4 rings (SSSR count). The number of allylic oxidation sites excluding steroid dienone is 1. The van der Waals surface area contributed by atoms with Gasteiger partial charge in [-0.05, 0) is 36.2 Å². The van der Waals surface area contributed by atoms with Gasteiger partial charge >= 0.3 is 5.97 Å². The minimum Gasteiger partial charge on any atom is -0.466 e. The lowest BCUT2D eigenvalue weighted by molar-refractivity contribution is -0.136. The number of nitrogens with zero attached hydrogens (tertiary/aromatic N) is 4. The molecule has 0 aliphatic carbocycles. The number of halogens is 1. The number of fused-ring (bicyclic) bond motifs is 1. The summed E-state index contributed by atoms with van der Waals surface area (Å²) in [7, 11) is 5.30. The average molecular weight is 454 g/mol. The van der Waals surface area contributed by atoms with Crippen molar-refractivity contribution in [3.05, 3.63) is 76.7 Å². The van der Waals surface area contributed by atoms with Gasteiger partial charge < -0.3 is 15.0 Å². The standard InChI is InChI=1S/C23H24FN5O2S/c1-14-19(21(30)31-4)20(15-9-11-17(12-10-15)28(2)3)29-22(25-14)26-23(27-29)32-13-16-7-5-6-8-18(16)24/h5-12,20H,13H2,1-4H3,(H,25,26,27). The molecule has 9 heteroatoms. The third-order valence-corrected chi connectivity index (χ3v) is 6.16. The number of ether oxygens (including phenoxy) is 1. The lowest BCUT2D eigenvalue weighted by Crippen LogP contribution is -2.29. The summed E-state index contributed by atoms with van der Waals surface area (Å²) < 4.78 is 20.7. The molecule has 2 heterocycles. The Kier molecular flexibility index (Phi) is 6.18. The van der Waals surface area contributed by atoms with Gasteiger partial charge in [-0.1, -0.05) is 42.1 Å². The molecule has 0 fully saturated rings. The minimum atomic E-state index is -0.495. The number of aromatic nitrogens is 3. The van der Waals surface area contributed by atoms with Crippen molar-refractivity contribution >= 4 is 29.4 Å². The van der Waals surface area contributed by atoms with E-state index in [0.717, 1.165) is 11.3 Å². The number of esters is 1. The summed E-state index contributed by atoms with van der Waals surface area (Å²) in [4.78, 5) is 19.2. The molecule has 0 saturated carbocycles. The molecule has 1 aliphatic heterocycles. The lowest BCUT2D eigenvalue weighted by Gasteiger charge is -2.28. The van der Waals surface area contributed by atoms with Crippen LogP contribution < -0.4 is 10.2 Å². The van der Waals surface area contributed by atoms with Crippen LogP contribution >= 0.6 is 11.8 Å². The highest BCUT2D eigenvalue weighted by molar-refractivity contribution is 7.98. The molecule has 1 atom stereocenters. The SMILES string of the molecule is COC(=O)C1=C(C)Nc2nc(SCc3ccccc3F)nn2C1c1ccc(N(C)C)cc1. The summed E-state index contributed by atoms with van der Waals surface area (Å²) in [5.41, 5.74) is 3.63. The number of anilines is 2. The maximum atomic E-state index is 14.0. The van der Waals surface area contributed by atoms with E-state index in [1.54, 1.807) is 22.9 Å². The first-order valence-electron chi connectivity index (χ1n) is 10.0. The van der Waals surface area contributed by atoms with Gasteiger partial charge in [-0.25, -0.2) is 13.9 Å². The largest absolute Gasteiger partial charge is 0.466 e. The molecule has 1 unspecified atom stereocenters. The van der Waals surface area contributed by atoms with Crippen molar-refractivity contribution in [3.63, 3.8) is 0 Å². The number of carbonyl (C=O) groups excluding carboxylic acids is 1. The van der Waals surface area contributed by atoms with E-state index in [4.69, 9.17) is 4.74 Å². The van der Waals surface area contributed by atoms with Gasteiger partial charge in [0.05, 0.1) is 12.7 Å². The van der Waals surface area contributed by atoms with Crippen LogP contribution in [0.3, 0.4) is 0 Å². The zero-order valence-corrected chi connectivity index (χ0v) is 19.1. The number of methoxy groups -OCH3 is 1. The molecular formula is C23H24FN5O2S. The fourth-order valence-corrected chi connectivity index (χ4v) is 4.40. The van der Waals surface area contributed by atoms with E-state index in [1.165, 1.54) is 24.9 Å². The van der Waals surface area contributed by atoms with Gasteiger partial charge in [-0.2, -0.15) is 4.98 Å². The maximum absolute atomic E-state index is 14.0. The number of carbonyl (C=O) groups is 1. The molecule has 0 bridgehead atoms. The van der Waals surface area contributed by atoms with Crippen LogP contribution in [0.15, 0.2) is 65.0 Å². The van der Waals surface area contributed by atoms with Crippen LogP contribution in [0.5, 0.6) is 0 Å².